The Hall–Kier alpha value is -2.12. The number of nitrogens with zero attached hydrogens (tertiary/aromatic N) is 3. The van der Waals surface area contributed by atoms with Gasteiger partial charge in [-0.15, -0.1) is 11.3 Å². The SMILES string of the molecule is CCn1c(S[C@H](C)C(=O)N(C)Cc2ccccc2)nc2sc(C)c(C)c2c1=O. The van der Waals surface area contributed by atoms with Crippen LogP contribution in [0.1, 0.15) is 29.9 Å². The van der Waals surface area contributed by atoms with Crippen molar-refractivity contribution in [3.63, 3.8) is 0 Å². The number of thiophene rings is 1. The number of hydrogen-bond acceptors (Lipinski definition) is 5. The van der Waals surface area contributed by atoms with Gasteiger partial charge in [-0.05, 0) is 38.8 Å². The number of thioether (sulfide) groups is 1. The number of benzene rings is 1. The van der Waals surface area contributed by atoms with Gasteiger partial charge in [-0.1, -0.05) is 42.1 Å². The molecule has 2 aromatic heterocycles. The average Bonchev–Trinajstić information content (AvgIpc) is 2.96. The molecule has 0 aliphatic heterocycles. The summed E-state index contributed by atoms with van der Waals surface area (Å²) in [6.07, 6.45) is 0. The highest BCUT2D eigenvalue weighted by molar-refractivity contribution is 8.00. The highest BCUT2D eigenvalue weighted by Crippen LogP contribution is 2.30. The minimum absolute atomic E-state index is 0.0180. The molecule has 0 bridgehead atoms. The van der Waals surface area contributed by atoms with Crippen LogP contribution in [0.25, 0.3) is 10.2 Å². The zero-order chi connectivity index (χ0) is 20.4. The Bertz CT molecular complexity index is 1060. The molecule has 0 radical (unpaired) electrons. The van der Waals surface area contributed by atoms with Gasteiger partial charge in [0.15, 0.2) is 5.16 Å². The molecule has 0 saturated carbocycles. The summed E-state index contributed by atoms with van der Waals surface area (Å²) in [7, 11) is 1.81. The molecule has 2 heterocycles. The number of fused-ring (bicyclic) bond motifs is 1. The fraction of sp³-hybridized carbons (Fsp3) is 0.381. The van der Waals surface area contributed by atoms with E-state index in [1.165, 1.54) is 23.1 Å². The van der Waals surface area contributed by atoms with E-state index >= 15 is 0 Å². The molecule has 0 saturated heterocycles. The number of rotatable bonds is 6. The minimum atomic E-state index is -0.335. The van der Waals surface area contributed by atoms with Crippen molar-refractivity contribution in [2.45, 2.75) is 51.2 Å². The number of aryl methyl sites for hydroxylation is 2. The van der Waals surface area contributed by atoms with Crippen LogP contribution in [0, 0.1) is 13.8 Å². The maximum atomic E-state index is 13.0. The zero-order valence-corrected chi connectivity index (χ0v) is 18.5. The smallest absolute Gasteiger partial charge is 0.263 e. The van der Waals surface area contributed by atoms with Gasteiger partial charge in [0.05, 0.1) is 10.6 Å². The first-order valence-corrected chi connectivity index (χ1v) is 11.0. The summed E-state index contributed by atoms with van der Waals surface area (Å²) in [6, 6.07) is 9.91. The van der Waals surface area contributed by atoms with Crippen molar-refractivity contribution in [3.8, 4) is 0 Å². The van der Waals surface area contributed by atoms with E-state index < -0.39 is 0 Å². The van der Waals surface area contributed by atoms with Crippen LogP contribution < -0.4 is 5.56 Å². The predicted molar refractivity (Wildman–Crippen MR) is 117 cm³/mol. The molecule has 0 fully saturated rings. The Morgan fingerprint density at radius 2 is 1.96 bits per heavy atom. The van der Waals surface area contributed by atoms with Crippen molar-refractivity contribution >= 4 is 39.2 Å². The Morgan fingerprint density at radius 3 is 2.61 bits per heavy atom. The number of amides is 1. The third-order valence-electron chi connectivity index (χ3n) is 4.84. The Morgan fingerprint density at radius 1 is 1.29 bits per heavy atom. The van der Waals surface area contributed by atoms with Crippen LogP contribution in [0.3, 0.4) is 0 Å². The highest BCUT2D eigenvalue weighted by atomic mass is 32.2. The van der Waals surface area contributed by atoms with Crippen LogP contribution in [-0.4, -0.2) is 32.7 Å². The monoisotopic (exact) mass is 415 g/mol. The van der Waals surface area contributed by atoms with Crippen LogP contribution in [0.15, 0.2) is 40.3 Å². The number of aromatic nitrogens is 2. The summed E-state index contributed by atoms with van der Waals surface area (Å²) >= 11 is 2.89. The van der Waals surface area contributed by atoms with Crippen molar-refractivity contribution < 1.29 is 4.79 Å². The second kappa shape index (κ2) is 8.49. The number of carbonyl (C=O) groups excluding carboxylic acids is 1. The molecule has 1 aromatic carbocycles. The minimum Gasteiger partial charge on any atom is -0.340 e. The maximum absolute atomic E-state index is 13.0. The van der Waals surface area contributed by atoms with Crippen molar-refractivity contribution in [1.29, 1.82) is 0 Å². The van der Waals surface area contributed by atoms with E-state index in [2.05, 4.69) is 0 Å². The first kappa shape index (κ1) is 20.6. The average molecular weight is 416 g/mol. The van der Waals surface area contributed by atoms with E-state index in [-0.39, 0.29) is 16.7 Å². The topological polar surface area (TPSA) is 55.2 Å². The molecular weight excluding hydrogens is 390 g/mol. The van der Waals surface area contributed by atoms with Crippen LogP contribution in [0.5, 0.6) is 0 Å². The molecule has 3 aromatic rings. The molecule has 7 heteroatoms. The summed E-state index contributed by atoms with van der Waals surface area (Å²) in [5, 5.41) is 0.974. The summed E-state index contributed by atoms with van der Waals surface area (Å²) in [4.78, 5) is 34.1. The molecule has 1 amide bonds. The van der Waals surface area contributed by atoms with E-state index in [4.69, 9.17) is 4.98 Å². The van der Waals surface area contributed by atoms with Crippen LogP contribution in [-0.2, 0) is 17.9 Å². The van der Waals surface area contributed by atoms with Crippen LogP contribution >= 0.6 is 23.1 Å². The maximum Gasteiger partial charge on any atom is 0.263 e. The largest absolute Gasteiger partial charge is 0.340 e. The fourth-order valence-corrected chi connectivity index (χ4v) is 5.29. The van der Waals surface area contributed by atoms with Gasteiger partial charge in [-0.2, -0.15) is 0 Å². The Labute approximate surface area is 173 Å². The molecule has 0 unspecified atom stereocenters. The van der Waals surface area contributed by atoms with Gasteiger partial charge >= 0.3 is 0 Å². The molecular formula is C21H25N3O2S2. The van der Waals surface area contributed by atoms with E-state index in [0.29, 0.717) is 23.6 Å². The molecule has 28 heavy (non-hydrogen) atoms. The van der Waals surface area contributed by atoms with Crippen LogP contribution in [0.2, 0.25) is 0 Å². The van der Waals surface area contributed by atoms with Gasteiger partial charge in [0.2, 0.25) is 5.91 Å². The van der Waals surface area contributed by atoms with Gasteiger partial charge in [0.25, 0.3) is 5.56 Å². The van der Waals surface area contributed by atoms with E-state index in [1.54, 1.807) is 9.47 Å². The molecule has 3 rings (SSSR count). The second-order valence-electron chi connectivity index (χ2n) is 6.85. The second-order valence-corrected chi connectivity index (χ2v) is 9.36. The van der Waals surface area contributed by atoms with E-state index in [1.807, 2.05) is 65.1 Å². The lowest BCUT2D eigenvalue weighted by Gasteiger charge is -2.21. The third-order valence-corrected chi connectivity index (χ3v) is 7.02. The third kappa shape index (κ3) is 4.00. The van der Waals surface area contributed by atoms with E-state index in [0.717, 1.165) is 20.8 Å². The van der Waals surface area contributed by atoms with E-state index in [9.17, 15) is 9.59 Å². The Kier molecular flexibility index (Phi) is 6.25. The van der Waals surface area contributed by atoms with Crippen molar-refractivity contribution in [1.82, 2.24) is 14.5 Å². The molecule has 1 atom stereocenters. The molecule has 0 spiro atoms. The summed E-state index contributed by atoms with van der Waals surface area (Å²) in [5.74, 6) is 0.0180. The lowest BCUT2D eigenvalue weighted by atomic mass is 10.2. The standard InChI is InChI=1S/C21H25N3O2S2/c1-6-24-20(26)17-13(2)14(3)27-18(17)22-21(24)28-15(4)19(25)23(5)12-16-10-8-7-9-11-16/h7-11,15H,6,12H2,1-5H3/t15-/m1/s1. The quantitative estimate of drug-likeness (QED) is 0.446. The normalized spacial score (nSPS) is 12.3. The van der Waals surface area contributed by atoms with Crippen molar-refractivity contribution in [2.24, 2.45) is 0 Å². The molecule has 0 aliphatic carbocycles. The van der Waals surface area contributed by atoms with Gasteiger partial charge in [0, 0.05) is 25.0 Å². The highest BCUT2D eigenvalue weighted by Gasteiger charge is 2.23. The summed E-state index contributed by atoms with van der Waals surface area (Å²) in [6.45, 7) is 8.86. The first-order chi connectivity index (χ1) is 13.3. The number of carbonyl (C=O) groups is 1. The molecule has 0 aliphatic rings. The van der Waals surface area contributed by atoms with Crippen molar-refractivity contribution in [3.05, 3.63) is 56.7 Å². The zero-order valence-electron chi connectivity index (χ0n) is 16.9. The lowest BCUT2D eigenvalue weighted by Crippen LogP contribution is -2.33. The summed E-state index contributed by atoms with van der Waals surface area (Å²) < 4.78 is 1.67. The number of hydrogen-bond donors (Lipinski definition) is 0. The molecule has 148 valence electrons. The van der Waals surface area contributed by atoms with Gasteiger partial charge < -0.3 is 4.90 Å². The van der Waals surface area contributed by atoms with Crippen molar-refractivity contribution in [2.75, 3.05) is 7.05 Å². The lowest BCUT2D eigenvalue weighted by molar-refractivity contribution is -0.129. The Balaban J connectivity index is 1.85. The molecule has 5 nitrogen and oxygen atoms in total. The van der Waals surface area contributed by atoms with Gasteiger partial charge in [-0.3, -0.25) is 14.2 Å². The first-order valence-electron chi connectivity index (χ1n) is 9.29. The fourth-order valence-electron chi connectivity index (χ4n) is 3.13. The summed E-state index contributed by atoms with van der Waals surface area (Å²) in [5.41, 5.74) is 2.07. The van der Waals surface area contributed by atoms with Crippen LogP contribution in [0.4, 0.5) is 0 Å². The van der Waals surface area contributed by atoms with Gasteiger partial charge in [0.1, 0.15) is 4.83 Å². The molecule has 0 N–H and O–H groups in total. The van der Waals surface area contributed by atoms with Gasteiger partial charge in [-0.25, -0.2) is 4.98 Å². The predicted octanol–water partition coefficient (Wildman–Crippen LogP) is 4.23.